The van der Waals surface area contributed by atoms with Crippen molar-refractivity contribution in [1.29, 1.82) is 0 Å². The van der Waals surface area contributed by atoms with Gasteiger partial charge in [-0.1, -0.05) is 0 Å². The first-order valence-corrected chi connectivity index (χ1v) is 9.70. The molecule has 11 heteroatoms. The highest BCUT2D eigenvalue weighted by atomic mass is 32.2. The molecule has 0 aromatic carbocycles. The fraction of sp³-hybridized carbons (Fsp3) is 0.375. The maximum Gasteiger partial charge on any atom is 0.374 e. The standard InChI is InChI=1S/C16H18N4O6S/c1-2-25-16(22)13-3-4-14(26-13)27(23,24)20-9-7-19(8-10-20)15(21)12-11-17-5-6-18-12/h3-6,11H,2,7-10H2,1H3. The van der Waals surface area contributed by atoms with Crippen molar-refractivity contribution in [3.05, 3.63) is 42.2 Å². The summed E-state index contributed by atoms with van der Waals surface area (Å²) in [4.78, 5) is 33.3. The second kappa shape index (κ2) is 7.84. The number of rotatable bonds is 5. The number of hydrogen-bond acceptors (Lipinski definition) is 8. The summed E-state index contributed by atoms with van der Waals surface area (Å²) in [5.41, 5.74) is 0.207. The third-order valence-corrected chi connectivity index (χ3v) is 5.73. The molecule has 0 aliphatic carbocycles. The molecular formula is C16H18N4O6S. The van der Waals surface area contributed by atoms with Crippen LogP contribution in [0.25, 0.3) is 0 Å². The van der Waals surface area contributed by atoms with Crippen molar-refractivity contribution in [2.75, 3.05) is 32.8 Å². The summed E-state index contributed by atoms with van der Waals surface area (Å²) in [5.74, 6) is -1.20. The van der Waals surface area contributed by atoms with Crippen LogP contribution in [-0.4, -0.2) is 72.3 Å². The lowest BCUT2D eigenvalue weighted by atomic mass is 10.3. The molecule has 1 saturated heterocycles. The summed E-state index contributed by atoms with van der Waals surface area (Å²) in [6, 6.07) is 2.48. The van der Waals surface area contributed by atoms with Crippen LogP contribution in [0.2, 0.25) is 0 Å². The number of sulfonamides is 1. The van der Waals surface area contributed by atoms with E-state index < -0.39 is 16.0 Å². The number of piperazine rings is 1. The van der Waals surface area contributed by atoms with Crippen LogP contribution in [0.15, 0.2) is 40.2 Å². The molecule has 0 radical (unpaired) electrons. The van der Waals surface area contributed by atoms with Gasteiger partial charge in [-0.05, 0) is 19.1 Å². The Labute approximate surface area is 155 Å². The molecule has 3 heterocycles. The minimum atomic E-state index is -3.91. The lowest BCUT2D eigenvalue weighted by Gasteiger charge is -2.33. The van der Waals surface area contributed by atoms with Gasteiger partial charge in [0.05, 0.1) is 12.8 Å². The molecule has 0 bridgehead atoms. The average molecular weight is 394 g/mol. The molecule has 27 heavy (non-hydrogen) atoms. The highest BCUT2D eigenvalue weighted by Gasteiger charge is 2.33. The van der Waals surface area contributed by atoms with Gasteiger partial charge in [0.15, 0.2) is 0 Å². The SMILES string of the molecule is CCOC(=O)c1ccc(S(=O)(=O)N2CCN(C(=O)c3cnccn3)CC2)o1. The number of furan rings is 1. The lowest BCUT2D eigenvalue weighted by molar-refractivity contribution is 0.0483. The Morgan fingerprint density at radius 3 is 2.56 bits per heavy atom. The predicted octanol–water partition coefficient (Wildman–Crippen LogP) is 0.393. The van der Waals surface area contributed by atoms with E-state index in [2.05, 4.69) is 9.97 Å². The molecule has 1 aliphatic rings. The summed E-state index contributed by atoms with van der Waals surface area (Å²) in [6.45, 7) is 2.41. The Morgan fingerprint density at radius 2 is 1.93 bits per heavy atom. The van der Waals surface area contributed by atoms with Crippen molar-refractivity contribution >= 4 is 21.9 Å². The second-order valence-electron chi connectivity index (χ2n) is 5.63. The van der Waals surface area contributed by atoms with Crippen LogP contribution in [0.4, 0.5) is 0 Å². The molecule has 1 aliphatic heterocycles. The largest absolute Gasteiger partial charge is 0.460 e. The predicted molar refractivity (Wildman–Crippen MR) is 91.4 cm³/mol. The van der Waals surface area contributed by atoms with E-state index in [4.69, 9.17) is 9.15 Å². The van der Waals surface area contributed by atoms with Crippen LogP contribution in [0.3, 0.4) is 0 Å². The molecule has 10 nitrogen and oxygen atoms in total. The summed E-state index contributed by atoms with van der Waals surface area (Å²) >= 11 is 0. The Morgan fingerprint density at radius 1 is 1.19 bits per heavy atom. The maximum atomic E-state index is 12.7. The zero-order chi connectivity index (χ0) is 19.4. The van der Waals surface area contributed by atoms with Crippen molar-refractivity contribution in [1.82, 2.24) is 19.2 Å². The van der Waals surface area contributed by atoms with Crippen molar-refractivity contribution in [2.45, 2.75) is 12.0 Å². The van der Waals surface area contributed by atoms with Gasteiger partial charge in [0.25, 0.3) is 15.9 Å². The first-order valence-electron chi connectivity index (χ1n) is 8.26. The Bertz CT molecular complexity index is 919. The molecule has 0 N–H and O–H groups in total. The van der Waals surface area contributed by atoms with Crippen LogP contribution in [-0.2, 0) is 14.8 Å². The summed E-state index contributed by atoms with van der Waals surface area (Å²) in [7, 11) is -3.91. The number of ether oxygens (including phenoxy) is 1. The molecule has 0 unspecified atom stereocenters. The van der Waals surface area contributed by atoms with Gasteiger partial charge in [0.2, 0.25) is 10.9 Å². The van der Waals surface area contributed by atoms with Crippen molar-refractivity contribution < 1.29 is 27.2 Å². The van der Waals surface area contributed by atoms with E-state index in [0.29, 0.717) is 0 Å². The number of aromatic nitrogens is 2. The van der Waals surface area contributed by atoms with Gasteiger partial charge >= 0.3 is 5.97 Å². The van der Waals surface area contributed by atoms with E-state index in [0.717, 1.165) is 0 Å². The normalized spacial score (nSPS) is 15.5. The van der Waals surface area contributed by atoms with Crippen LogP contribution < -0.4 is 0 Å². The number of amides is 1. The number of esters is 1. The van der Waals surface area contributed by atoms with Crippen molar-refractivity contribution in [3.8, 4) is 0 Å². The first-order chi connectivity index (χ1) is 12.9. The quantitative estimate of drug-likeness (QED) is 0.668. The third-order valence-electron chi connectivity index (χ3n) is 3.96. The van der Waals surface area contributed by atoms with Crippen LogP contribution >= 0.6 is 0 Å². The van der Waals surface area contributed by atoms with Gasteiger partial charge in [-0.2, -0.15) is 4.31 Å². The van der Waals surface area contributed by atoms with Gasteiger partial charge in [0, 0.05) is 38.6 Å². The van der Waals surface area contributed by atoms with Crippen LogP contribution in [0.5, 0.6) is 0 Å². The highest BCUT2D eigenvalue weighted by Crippen LogP contribution is 2.21. The van der Waals surface area contributed by atoms with Gasteiger partial charge in [-0.15, -0.1) is 0 Å². The molecule has 0 spiro atoms. The summed E-state index contributed by atoms with van der Waals surface area (Å²) < 4.78 is 36.5. The Hall–Kier alpha value is -2.79. The lowest BCUT2D eigenvalue weighted by Crippen LogP contribution is -2.50. The second-order valence-corrected chi connectivity index (χ2v) is 7.49. The van der Waals surface area contributed by atoms with E-state index in [1.54, 1.807) is 6.92 Å². The van der Waals surface area contributed by atoms with Gasteiger partial charge in [0.1, 0.15) is 5.69 Å². The van der Waals surface area contributed by atoms with Gasteiger partial charge < -0.3 is 14.1 Å². The van der Waals surface area contributed by atoms with Crippen molar-refractivity contribution in [3.63, 3.8) is 0 Å². The summed E-state index contributed by atoms with van der Waals surface area (Å²) in [5, 5.41) is -0.334. The number of carbonyl (C=O) groups is 2. The molecule has 144 valence electrons. The fourth-order valence-electron chi connectivity index (χ4n) is 2.60. The van der Waals surface area contributed by atoms with E-state index in [9.17, 15) is 18.0 Å². The molecule has 0 atom stereocenters. The average Bonchev–Trinajstić information content (AvgIpc) is 3.20. The van der Waals surface area contributed by atoms with Crippen molar-refractivity contribution in [2.24, 2.45) is 0 Å². The Kier molecular flexibility index (Phi) is 5.51. The van der Waals surface area contributed by atoms with E-state index in [-0.39, 0.29) is 55.2 Å². The van der Waals surface area contributed by atoms with Gasteiger partial charge in [-0.3, -0.25) is 9.78 Å². The minimum absolute atomic E-state index is 0.101. The number of hydrogen-bond donors (Lipinski definition) is 0. The first kappa shape index (κ1) is 19.0. The number of carbonyl (C=O) groups excluding carboxylic acids is 2. The van der Waals surface area contributed by atoms with E-state index in [1.165, 1.54) is 39.9 Å². The van der Waals surface area contributed by atoms with Gasteiger partial charge in [-0.25, -0.2) is 18.2 Å². The zero-order valence-electron chi connectivity index (χ0n) is 14.6. The monoisotopic (exact) mass is 394 g/mol. The molecule has 2 aromatic rings. The molecule has 2 aromatic heterocycles. The molecule has 1 fully saturated rings. The van der Waals surface area contributed by atoms with E-state index >= 15 is 0 Å². The molecule has 0 saturated carbocycles. The third kappa shape index (κ3) is 3.98. The molecule has 3 rings (SSSR count). The number of nitrogens with zero attached hydrogens (tertiary/aromatic N) is 4. The van der Waals surface area contributed by atoms with Crippen LogP contribution in [0, 0.1) is 0 Å². The summed E-state index contributed by atoms with van der Waals surface area (Å²) in [6.07, 6.45) is 4.26. The minimum Gasteiger partial charge on any atom is -0.460 e. The maximum absolute atomic E-state index is 12.7. The smallest absolute Gasteiger partial charge is 0.374 e. The molecular weight excluding hydrogens is 376 g/mol. The zero-order valence-corrected chi connectivity index (χ0v) is 15.4. The molecule has 1 amide bonds. The fourth-order valence-corrected chi connectivity index (χ4v) is 3.93. The van der Waals surface area contributed by atoms with E-state index in [1.807, 2.05) is 0 Å². The highest BCUT2D eigenvalue weighted by molar-refractivity contribution is 7.89. The Balaban J connectivity index is 1.66. The van der Waals surface area contributed by atoms with Crippen LogP contribution in [0.1, 0.15) is 28.0 Å². The topological polar surface area (TPSA) is 123 Å².